The van der Waals surface area contributed by atoms with Gasteiger partial charge in [-0.05, 0) is 19.1 Å². The number of aliphatic imine (C=N–C) groups is 1. The third-order valence-corrected chi connectivity index (χ3v) is 7.11. The van der Waals surface area contributed by atoms with Crippen molar-refractivity contribution >= 4 is 55.0 Å². The number of anilines is 1. The summed E-state index contributed by atoms with van der Waals surface area (Å²) in [7, 11) is -5.22. The van der Waals surface area contributed by atoms with Crippen LogP contribution >= 0.6 is 19.2 Å². The van der Waals surface area contributed by atoms with Gasteiger partial charge in [0.15, 0.2) is 11.5 Å². The van der Waals surface area contributed by atoms with Gasteiger partial charge in [-0.2, -0.15) is 13.2 Å². The van der Waals surface area contributed by atoms with Crippen molar-refractivity contribution in [2.24, 2.45) is 10.9 Å². The molecule has 0 fully saturated rings. The van der Waals surface area contributed by atoms with Crippen molar-refractivity contribution in [1.29, 1.82) is 0 Å². The summed E-state index contributed by atoms with van der Waals surface area (Å²) in [6, 6.07) is 2.08. The largest absolute Gasteiger partial charge is 0.526 e. The highest BCUT2D eigenvalue weighted by atomic mass is 32.1. The van der Waals surface area contributed by atoms with Gasteiger partial charge in [-0.1, -0.05) is 0 Å². The molecule has 0 spiro atoms. The number of alkyl halides is 3. The molecule has 3 aromatic rings. The molecule has 4 rings (SSSR count). The third kappa shape index (κ3) is 7.14. The Hall–Kier alpha value is -4.25. The summed E-state index contributed by atoms with van der Waals surface area (Å²) in [5.41, 5.74) is -0.539. The van der Waals surface area contributed by atoms with Gasteiger partial charge in [0.25, 0.3) is 0 Å². The van der Waals surface area contributed by atoms with Gasteiger partial charge in [0, 0.05) is 58.7 Å². The van der Waals surface area contributed by atoms with Gasteiger partial charge in [-0.25, -0.2) is 29.3 Å². The zero-order chi connectivity index (χ0) is 30.8. The van der Waals surface area contributed by atoms with Gasteiger partial charge in [-0.3, -0.25) is 24.7 Å². The number of carboxylic acid groups (broad SMARTS) is 1. The van der Waals surface area contributed by atoms with Gasteiger partial charge in [0.1, 0.15) is 10.8 Å². The van der Waals surface area contributed by atoms with Gasteiger partial charge in [0.2, 0.25) is 0 Å². The van der Waals surface area contributed by atoms with Crippen LogP contribution in [0.1, 0.15) is 30.5 Å². The first-order valence-electron chi connectivity index (χ1n) is 11.8. The molecule has 222 valence electrons. The number of urea groups is 1. The predicted octanol–water partition coefficient (Wildman–Crippen LogP) is 3.95. The predicted molar refractivity (Wildman–Crippen MR) is 141 cm³/mol. The molecule has 1 aliphatic heterocycles. The van der Waals surface area contributed by atoms with Crippen LogP contribution in [-0.2, 0) is 24.9 Å². The van der Waals surface area contributed by atoms with Crippen molar-refractivity contribution < 1.29 is 51.5 Å². The smallest absolute Gasteiger partial charge is 0.481 e. The highest BCUT2D eigenvalue weighted by molar-refractivity contribution is 7.46. The zero-order valence-corrected chi connectivity index (χ0v) is 22.9. The van der Waals surface area contributed by atoms with E-state index in [-0.39, 0.29) is 38.9 Å². The van der Waals surface area contributed by atoms with Gasteiger partial charge in [-0.15, -0.1) is 11.3 Å². The number of rotatable bonds is 8. The van der Waals surface area contributed by atoms with E-state index in [4.69, 9.17) is 9.79 Å². The van der Waals surface area contributed by atoms with E-state index in [0.717, 1.165) is 11.6 Å². The molecule has 0 saturated heterocycles. The normalized spacial score (nSPS) is 16.4. The number of carboxylic acids is 1. The van der Waals surface area contributed by atoms with E-state index in [1.807, 2.05) is 0 Å². The molecule has 5 N–H and O–H groups in total. The molecule has 2 amide bonds. The molecule has 19 heteroatoms. The zero-order valence-electron chi connectivity index (χ0n) is 21.2. The van der Waals surface area contributed by atoms with Crippen LogP contribution < -0.4 is 10.6 Å². The number of aromatic nitrogens is 3. The third-order valence-electron chi connectivity index (χ3n) is 5.80. The van der Waals surface area contributed by atoms with Crippen molar-refractivity contribution in [3.8, 4) is 21.7 Å². The Morgan fingerprint density at radius 2 is 1.88 bits per heavy atom. The molecule has 2 atom stereocenters. The second-order valence-corrected chi connectivity index (χ2v) is 10.7. The summed E-state index contributed by atoms with van der Waals surface area (Å²) in [5, 5.41) is 15.4. The molecular formula is C23H20F3N6O8PS. The maximum atomic E-state index is 13.3. The maximum absolute atomic E-state index is 13.3. The van der Waals surface area contributed by atoms with Gasteiger partial charge in [0.05, 0.1) is 12.3 Å². The fourth-order valence-electron chi connectivity index (χ4n) is 4.05. The van der Waals surface area contributed by atoms with Crippen LogP contribution in [0.5, 0.6) is 0 Å². The molecular weight excluding hydrogens is 608 g/mol. The summed E-state index contributed by atoms with van der Waals surface area (Å²) < 4.78 is 55.2. The van der Waals surface area contributed by atoms with Crippen LogP contribution in [0.25, 0.3) is 21.7 Å². The first-order valence-corrected chi connectivity index (χ1v) is 14.2. The Morgan fingerprint density at radius 3 is 2.50 bits per heavy atom. The minimum absolute atomic E-state index is 0.00266. The van der Waals surface area contributed by atoms with Crippen molar-refractivity contribution in [3.63, 3.8) is 0 Å². The molecule has 42 heavy (non-hydrogen) atoms. The first-order chi connectivity index (χ1) is 19.7. The molecule has 0 saturated carbocycles. The number of nitrogens with one attached hydrogen (secondary N) is 2. The average molecular weight is 628 g/mol. The summed E-state index contributed by atoms with van der Waals surface area (Å²) >= 11 is 0.680. The molecule has 1 aliphatic rings. The molecule has 0 bridgehead atoms. The molecule has 3 aromatic heterocycles. The Labute approximate surface area is 238 Å². The fourth-order valence-corrected chi connectivity index (χ4v) is 5.25. The van der Waals surface area contributed by atoms with E-state index >= 15 is 0 Å². The lowest BCUT2D eigenvalue weighted by molar-refractivity contribution is -0.142. The van der Waals surface area contributed by atoms with Crippen LogP contribution in [0.2, 0.25) is 0 Å². The maximum Gasteiger partial charge on any atom is 0.526 e. The second kappa shape index (κ2) is 11.9. The Bertz CT molecular complexity index is 1630. The quantitative estimate of drug-likeness (QED) is 0.225. The van der Waals surface area contributed by atoms with Crippen LogP contribution in [0, 0.1) is 5.92 Å². The Balaban J connectivity index is 1.82. The number of fused-ring (bicyclic) bond motifs is 1. The Kier molecular flexibility index (Phi) is 8.72. The Morgan fingerprint density at radius 1 is 1.14 bits per heavy atom. The van der Waals surface area contributed by atoms with Crippen molar-refractivity contribution in [2.45, 2.75) is 25.4 Å². The molecule has 0 aromatic carbocycles. The lowest BCUT2D eigenvalue weighted by Gasteiger charge is -2.25. The van der Waals surface area contributed by atoms with Crippen molar-refractivity contribution in [3.05, 3.63) is 41.2 Å². The van der Waals surface area contributed by atoms with Crippen molar-refractivity contribution in [2.75, 3.05) is 11.9 Å². The lowest BCUT2D eigenvalue weighted by atomic mass is 9.82. The minimum Gasteiger partial charge on any atom is -0.481 e. The van der Waals surface area contributed by atoms with Gasteiger partial charge >= 0.3 is 32.0 Å². The number of phosphoric acid groups is 1. The average Bonchev–Trinajstić information content (AvgIpc) is 3.39. The van der Waals surface area contributed by atoms with E-state index in [2.05, 4.69) is 35.1 Å². The fraction of sp³-hybridized carbons (Fsp3) is 0.261. The number of pyridine rings is 2. The number of carbonyl (C=O) groups excluding carboxylic acids is 2. The highest BCUT2D eigenvalue weighted by Crippen LogP contribution is 2.44. The van der Waals surface area contributed by atoms with Crippen LogP contribution in [0.3, 0.4) is 0 Å². The first kappa shape index (κ1) is 30.7. The number of halogens is 3. The number of amides is 2. The van der Waals surface area contributed by atoms with Crippen LogP contribution in [-0.4, -0.2) is 60.6 Å². The summed E-state index contributed by atoms with van der Waals surface area (Å²) in [6.07, 6.45) is -1.94. The van der Waals surface area contributed by atoms with E-state index in [9.17, 15) is 37.2 Å². The minimum atomic E-state index is -5.22. The summed E-state index contributed by atoms with van der Waals surface area (Å²) in [6.45, 7) is 1.97. The van der Waals surface area contributed by atoms with Gasteiger partial charge < -0.3 is 14.9 Å². The van der Waals surface area contributed by atoms with E-state index < -0.39 is 55.9 Å². The number of hydrogen-bond donors (Lipinski definition) is 5. The number of thiazole rings is 1. The van der Waals surface area contributed by atoms with E-state index in [0.29, 0.717) is 17.9 Å². The van der Waals surface area contributed by atoms with Crippen LogP contribution in [0.4, 0.5) is 29.6 Å². The standard InChI is InChI=1S/C23H20F3N6O8PS/c1-2-27-22(36)32-17-4-13(20-31-16(9-42-20)23(24,25)26)14(7-28-17)10-3-12-11(5-18(33)40-41(37,38)39)15(21(34)35)8-30-19(12)29-6-10/h3-4,6-9,11,15H,2,5H2,1H3,(H,34,35)(H2,37,38,39)(H2,27,28,32,36). The SMILES string of the molecule is CCNC(=O)Nc1cc(-c2nc(C(F)(F)F)cs2)c(-c2cnc3c(c2)C(CC(=O)OP(=O)(O)O)C(C(=O)O)C=N3)cn1. The lowest BCUT2D eigenvalue weighted by Crippen LogP contribution is -2.28. The molecule has 2 unspecified atom stereocenters. The molecule has 0 aliphatic carbocycles. The summed E-state index contributed by atoms with van der Waals surface area (Å²) in [4.78, 5) is 70.2. The van der Waals surface area contributed by atoms with Crippen molar-refractivity contribution in [1.82, 2.24) is 20.3 Å². The number of phosphoric ester groups is 1. The highest BCUT2D eigenvalue weighted by Gasteiger charge is 2.37. The molecule has 0 radical (unpaired) electrons. The summed E-state index contributed by atoms with van der Waals surface area (Å²) in [5.74, 6) is -5.42. The second-order valence-electron chi connectivity index (χ2n) is 8.68. The van der Waals surface area contributed by atoms with E-state index in [1.165, 1.54) is 24.5 Å². The number of hydrogen-bond acceptors (Lipinski definition) is 10. The molecule has 4 heterocycles. The number of nitrogens with zero attached hydrogens (tertiary/aromatic N) is 4. The van der Waals surface area contributed by atoms with E-state index in [1.54, 1.807) is 6.92 Å². The number of carbonyl (C=O) groups is 3. The topological polar surface area (TPSA) is 213 Å². The monoisotopic (exact) mass is 628 g/mol. The number of aliphatic carboxylic acids is 1. The van der Waals surface area contributed by atoms with Crippen LogP contribution in [0.15, 0.2) is 34.9 Å². The molecule has 14 nitrogen and oxygen atoms in total.